The van der Waals surface area contributed by atoms with Crippen molar-refractivity contribution < 1.29 is 14.3 Å². The molecule has 0 aliphatic carbocycles. The van der Waals surface area contributed by atoms with Gasteiger partial charge in [-0.25, -0.2) is 0 Å². The highest BCUT2D eigenvalue weighted by Gasteiger charge is 2.12. The molecular weight excluding hydrogens is 348 g/mol. The van der Waals surface area contributed by atoms with Crippen LogP contribution in [0.15, 0.2) is 58.2 Å². The first-order valence-electron chi connectivity index (χ1n) is 6.97. The van der Waals surface area contributed by atoms with Gasteiger partial charge in [0.1, 0.15) is 0 Å². The summed E-state index contributed by atoms with van der Waals surface area (Å²) in [7, 11) is 0. The Hall–Kier alpha value is -3.27. The van der Waals surface area contributed by atoms with Crippen molar-refractivity contribution in [3.63, 3.8) is 0 Å². The van der Waals surface area contributed by atoms with E-state index in [1.54, 1.807) is 12.1 Å². The molecule has 0 fully saturated rings. The van der Waals surface area contributed by atoms with Crippen molar-refractivity contribution in [2.24, 2.45) is 0 Å². The standard InChI is InChI=1S/C15H10N4O5S/c20-18(21)12-5-1-10(2-6-12)9-25-15-17-16-14(24-15)11-3-7-13(8-4-11)19(22)23/h1-8H,9H2. The Morgan fingerprint density at radius 2 is 1.44 bits per heavy atom. The second kappa shape index (κ2) is 7.09. The molecule has 0 spiro atoms. The minimum absolute atomic E-state index is 0.0176. The molecular formula is C15H10N4O5S. The van der Waals surface area contributed by atoms with Crippen LogP contribution in [0, 0.1) is 20.2 Å². The van der Waals surface area contributed by atoms with Crippen LogP contribution in [0.4, 0.5) is 11.4 Å². The number of benzene rings is 2. The van der Waals surface area contributed by atoms with Crippen molar-refractivity contribution in [1.82, 2.24) is 10.2 Å². The molecule has 0 unspecified atom stereocenters. The van der Waals surface area contributed by atoms with Crippen LogP contribution in [-0.2, 0) is 5.75 Å². The first kappa shape index (κ1) is 16.6. The summed E-state index contributed by atoms with van der Waals surface area (Å²) >= 11 is 1.29. The maximum Gasteiger partial charge on any atom is 0.277 e. The van der Waals surface area contributed by atoms with E-state index >= 15 is 0 Å². The molecule has 3 aromatic rings. The van der Waals surface area contributed by atoms with Crippen molar-refractivity contribution in [2.45, 2.75) is 11.0 Å². The van der Waals surface area contributed by atoms with E-state index in [0.717, 1.165) is 5.56 Å². The second-order valence-electron chi connectivity index (χ2n) is 4.89. The number of aromatic nitrogens is 2. The smallest absolute Gasteiger partial charge is 0.277 e. The van der Waals surface area contributed by atoms with Crippen molar-refractivity contribution >= 4 is 23.1 Å². The van der Waals surface area contributed by atoms with Crippen LogP contribution >= 0.6 is 11.8 Å². The zero-order chi connectivity index (χ0) is 17.8. The fourth-order valence-electron chi connectivity index (χ4n) is 1.97. The highest BCUT2D eigenvalue weighted by molar-refractivity contribution is 7.98. The minimum Gasteiger partial charge on any atom is -0.411 e. The Balaban J connectivity index is 1.65. The number of nitrogens with zero attached hydrogens (tertiary/aromatic N) is 4. The van der Waals surface area contributed by atoms with E-state index in [-0.39, 0.29) is 17.3 Å². The largest absolute Gasteiger partial charge is 0.411 e. The van der Waals surface area contributed by atoms with Gasteiger partial charge in [-0.1, -0.05) is 23.9 Å². The average Bonchev–Trinajstić information content (AvgIpc) is 3.09. The maximum absolute atomic E-state index is 10.6. The van der Waals surface area contributed by atoms with Crippen LogP contribution in [0.3, 0.4) is 0 Å². The molecule has 0 saturated heterocycles. The Bertz CT molecular complexity index is 908. The first-order chi connectivity index (χ1) is 12.0. The van der Waals surface area contributed by atoms with E-state index in [0.29, 0.717) is 16.5 Å². The van der Waals surface area contributed by atoms with E-state index in [9.17, 15) is 20.2 Å². The molecule has 10 heteroatoms. The molecule has 0 N–H and O–H groups in total. The lowest BCUT2D eigenvalue weighted by molar-refractivity contribution is -0.385. The van der Waals surface area contributed by atoms with Crippen molar-refractivity contribution in [1.29, 1.82) is 0 Å². The van der Waals surface area contributed by atoms with Gasteiger partial charge in [0.15, 0.2) is 0 Å². The molecule has 0 bridgehead atoms. The minimum atomic E-state index is -0.483. The van der Waals surface area contributed by atoms with E-state index < -0.39 is 9.85 Å². The Labute approximate surface area is 145 Å². The summed E-state index contributed by atoms with van der Waals surface area (Å²) in [6, 6.07) is 12.0. The number of nitro benzene ring substituents is 2. The quantitative estimate of drug-likeness (QED) is 0.369. The molecule has 9 nitrogen and oxygen atoms in total. The van der Waals surface area contributed by atoms with Gasteiger partial charge >= 0.3 is 0 Å². The summed E-state index contributed by atoms with van der Waals surface area (Å²) in [6.45, 7) is 0. The van der Waals surface area contributed by atoms with Gasteiger partial charge in [-0.3, -0.25) is 20.2 Å². The number of rotatable bonds is 6. The molecule has 0 radical (unpaired) electrons. The zero-order valence-corrected chi connectivity index (χ0v) is 13.4. The summed E-state index contributed by atoms with van der Waals surface area (Å²) in [4.78, 5) is 20.3. The van der Waals surface area contributed by atoms with Gasteiger partial charge in [0.05, 0.1) is 9.85 Å². The van der Waals surface area contributed by atoms with E-state index in [4.69, 9.17) is 4.42 Å². The number of non-ortho nitro benzene ring substituents is 2. The van der Waals surface area contributed by atoms with Crippen LogP contribution in [0.1, 0.15) is 5.56 Å². The third-order valence-corrected chi connectivity index (χ3v) is 4.13. The van der Waals surface area contributed by atoms with Crippen LogP contribution in [0.2, 0.25) is 0 Å². The van der Waals surface area contributed by atoms with Crippen molar-refractivity contribution in [3.8, 4) is 11.5 Å². The van der Waals surface area contributed by atoms with Crippen LogP contribution in [0.5, 0.6) is 0 Å². The molecule has 3 rings (SSSR count). The van der Waals surface area contributed by atoms with Gasteiger partial charge in [-0.05, 0) is 17.7 Å². The summed E-state index contributed by atoms with van der Waals surface area (Å²) in [5.41, 5.74) is 1.48. The summed E-state index contributed by atoms with van der Waals surface area (Å²) in [6.07, 6.45) is 0. The monoisotopic (exact) mass is 358 g/mol. The summed E-state index contributed by atoms with van der Waals surface area (Å²) < 4.78 is 5.52. The molecule has 0 saturated carbocycles. The van der Waals surface area contributed by atoms with Crippen molar-refractivity contribution in [2.75, 3.05) is 0 Å². The molecule has 0 aliphatic rings. The van der Waals surface area contributed by atoms with Gasteiger partial charge < -0.3 is 4.42 Å². The molecule has 0 aliphatic heterocycles. The first-order valence-corrected chi connectivity index (χ1v) is 7.96. The Morgan fingerprint density at radius 1 is 0.880 bits per heavy atom. The highest BCUT2D eigenvalue weighted by atomic mass is 32.2. The SMILES string of the molecule is O=[N+]([O-])c1ccc(CSc2nnc(-c3ccc([N+](=O)[O-])cc3)o2)cc1. The maximum atomic E-state index is 10.6. The number of thioether (sulfide) groups is 1. The fourth-order valence-corrected chi connectivity index (χ4v) is 2.69. The van der Waals surface area contributed by atoms with Gasteiger partial charge in [0.25, 0.3) is 16.6 Å². The zero-order valence-electron chi connectivity index (χ0n) is 12.6. The molecule has 2 aromatic carbocycles. The second-order valence-corrected chi connectivity index (χ2v) is 5.82. The fraction of sp³-hybridized carbons (Fsp3) is 0.0667. The lowest BCUT2D eigenvalue weighted by atomic mass is 10.2. The lowest BCUT2D eigenvalue weighted by Crippen LogP contribution is -1.88. The normalized spacial score (nSPS) is 10.6. The van der Waals surface area contributed by atoms with Gasteiger partial charge in [-0.15, -0.1) is 10.2 Å². The molecule has 1 aromatic heterocycles. The molecule has 0 atom stereocenters. The highest BCUT2D eigenvalue weighted by Crippen LogP contribution is 2.27. The number of nitro groups is 2. The average molecular weight is 358 g/mol. The van der Waals surface area contributed by atoms with Gasteiger partial charge in [0, 0.05) is 35.6 Å². The number of hydrogen-bond donors (Lipinski definition) is 0. The topological polar surface area (TPSA) is 125 Å². The molecule has 126 valence electrons. The van der Waals surface area contributed by atoms with E-state index in [2.05, 4.69) is 10.2 Å². The van der Waals surface area contributed by atoms with E-state index in [1.165, 1.54) is 48.2 Å². The van der Waals surface area contributed by atoms with Crippen molar-refractivity contribution in [3.05, 3.63) is 74.3 Å². The van der Waals surface area contributed by atoms with Gasteiger partial charge in [0.2, 0.25) is 5.89 Å². The van der Waals surface area contributed by atoms with Crippen LogP contribution in [-0.4, -0.2) is 20.0 Å². The number of hydrogen-bond acceptors (Lipinski definition) is 8. The molecule has 25 heavy (non-hydrogen) atoms. The third kappa shape index (κ3) is 3.98. The van der Waals surface area contributed by atoms with Crippen LogP contribution < -0.4 is 0 Å². The molecule has 1 heterocycles. The Morgan fingerprint density at radius 3 is 2.00 bits per heavy atom. The lowest BCUT2D eigenvalue weighted by Gasteiger charge is -1.98. The van der Waals surface area contributed by atoms with Crippen LogP contribution in [0.25, 0.3) is 11.5 Å². The third-order valence-electron chi connectivity index (χ3n) is 3.24. The predicted molar refractivity (Wildman–Crippen MR) is 89.0 cm³/mol. The Kier molecular flexibility index (Phi) is 4.70. The van der Waals surface area contributed by atoms with E-state index in [1.807, 2.05) is 0 Å². The molecule has 0 amide bonds. The summed E-state index contributed by atoms with van der Waals surface area (Å²) in [5.74, 6) is 0.779. The predicted octanol–water partition coefficient (Wildman–Crippen LogP) is 3.85. The van der Waals surface area contributed by atoms with Gasteiger partial charge in [-0.2, -0.15) is 0 Å². The summed E-state index contributed by atoms with van der Waals surface area (Å²) in [5, 5.41) is 29.4.